The normalized spacial score (nSPS) is 10.2. The molecule has 2 N–H and O–H groups in total. The Bertz CT molecular complexity index is 305. The van der Waals surface area contributed by atoms with Gasteiger partial charge >= 0.3 is 0 Å². The average molecular weight is 277 g/mol. The van der Waals surface area contributed by atoms with Gasteiger partial charge in [-0.1, -0.05) is 0 Å². The first-order valence-corrected chi connectivity index (χ1v) is 5.90. The van der Waals surface area contributed by atoms with Crippen LogP contribution in [0.3, 0.4) is 0 Å². The van der Waals surface area contributed by atoms with Crippen LogP contribution in [0.2, 0.25) is 0 Å². The summed E-state index contributed by atoms with van der Waals surface area (Å²) >= 11 is 5.16. The minimum atomic E-state index is 0.0114. The summed E-state index contributed by atoms with van der Waals surface area (Å²) in [5, 5.41) is 5.63. The van der Waals surface area contributed by atoms with E-state index in [2.05, 4.69) is 39.6 Å². The predicted octanol–water partition coefficient (Wildman–Crippen LogP) is 1.65. The van der Waals surface area contributed by atoms with Crippen molar-refractivity contribution >= 4 is 33.2 Å². The number of thiophene rings is 1. The minimum absolute atomic E-state index is 0.0114. The molecule has 0 saturated heterocycles. The van der Waals surface area contributed by atoms with E-state index in [-0.39, 0.29) is 5.91 Å². The van der Waals surface area contributed by atoms with Crippen molar-refractivity contribution in [3.05, 3.63) is 20.3 Å². The first-order chi connectivity index (χ1) is 6.63. The van der Waals surface area contributed by atoms with Gasteiger partial charge in [0.05, 0.1) is 10.3 Å². The molecule has 0 bridgehead atoms. The largest absolute Gasteiger partial charge is 0.358 e. The van der Waals surface area contributed by atoms with Gasteiger partial charge in [-0.05, 0) is 34.5 Å². The van der Waals surface area contributed by atoms with Crippen LogP contribution < -0.4 is 10.6 Å². The Kier molecular flexibility index (Phi) is 4.57. The monoisotopic (exact) mass is 276 g/mol. The van der Waals surface area contributed by atoms with Gasteiger partial charge in [-0.2, -0.15) is 0 Å². The van der Waals surface area contributed by atoms with Gasteiger partial charge in [0.15, 0.2) is 0 Å². The molecule has 14 heavy (non-hydrogen) atoms. The summed E-state index contributed by atoms with van der Waals surface area (Å²) in [5.41, 5.74) is 1.24. The molecule has 0 fully saturated rings. The van der Waals surface area contributed by atoms with E-state index in [9.17, 15) is 4.79 Å². The molecule has 0 spiro atoms. The number of rotatable bonds is 4. The molecule has 0 unspecified atom stereocenters. The molecule has 1 aromatic heterocycles. The zero-order chi connectivity index (χ0) is 10.6. The Morgan fingerprint density at radius 1 is 1.64 bits per heavy atom. The van der Waals surface area contributed by atoms with E-state index < -0.39 is 0 Å². The van der Waals surface area contributed by atoms with E-state index in [0.717, 1.165) is 10.3 Å². The average Bonchev–Trinajstić information content (AvgIpc) is 2.46. The molecule has 0 aromatic carbocycles. The van der Waals surface area contributed by atoms with E-state index in [1.165, 1.54) is 10.4 Å². The Balaban J connectivity index is 2.35. The lowest BCUT2D eigenvalue weighted by molar-refractivity contribution is -0.119. The summed E-state index contributed by atoms with van der Waals surface area (Å²) in [6.07, 6.45) is 0. The molecule has 0 aliphatic heterocycles. The number of carbonyl (C=O) groups excluding carboxylic acids is 1. The summed E-state index contributed by atoms with van der Waals surface area (Å²) in [5.74, 6) is 0.0114. The summed E-state index contributed by atoms with van der Waals surface area (Å²) in [4.78, 5) is 12.1. The van der Waals surface area contributed by atoms with Crippen molar-refractivity contribution in [3.8, 4) is 0 Å². The van der Waals surface area contributed by atoms with Gasteiger partial charge in [-0.15, -0.1) is 11.3 Å². The number of hydrogen-bond donors (Lipinski definition) is 2. The zero-order valence-electron chi connectivity index (χ0n) is 8.19. The van der Waals surface area contributed by atoms with Crippen molar-refractivity contribution in [2.75, 3.05) is 13.6 Å². The lowest BCUT2D eigenvalue weighted by Gasteiger charge is -2.00. The molecule has 0 aliphatic carbocycles. The number of amides is 1. The molecule has 3 nitrogen and oxygen atoms in total. The molecule has 1 heterocycles. The van der Waals surface area contributed by atoms with E-state index in [1.54, 1.807) is 18.4 Å². The van der Waals surface area contributed by atoms with Crippen LogP contribution in [0.1, 0.15) is 10.4 Å². The number of aryl methyl sites for hydroxylation is 1. The SMILES string of the molecule is CNC(=O)CNCc1cc(C)c(Br)s1. The molecular formula is C9H13BrN2OS. The maximum atomic E-state index is 10.9. The van der Waals surface area contributed by atoms with Crippen molar-refractivity contribution in [1.82, 2.24) is 10.6 Å². The smallest absolute Gasteiger partial charge is 0.233 e. The van der Waals surface area contributed by atoms with Crippen LogP contribution in [-0.4, -0.2) is 19.5 Å². The lowest BCUT2D eigenvalue weighted by atomic mass is 10.3. The third-order valence-electron chi connectivity index (χ3n) is 1.77. The van der Waals surface area contributed by atoms with Crippen molar-refractivity contribution in [2.45, 2.75) is 13.5 Å². The quantitative estimate of drug-likeness (QED) is 0.878. The van der Waals surface area contributed by atoms with Crippen LogP contribution in [-0.2, 0) is 11.3 Å². The highest BCUT2D eigenvalue weighted by atomic mass is 79.9. The second kappa shape index (κ2) is 5.48. The Morgan fingerprint density at radius 3 is 2.86 bits per heavy atom. The highest BCUT2D eigenvalue weighted by Gasteiger charge is 2.03. The van der Waals surface area contributed by atoms with Crippen molar-refractivity contribution < 1.29 is 4.79 Å². The summed E-state index contributed by atoms with van der Waals surface area (Å²) < 4.78 is 1.16. The van der Waals surface area contributed by atoms with Gasteiger partial charge < -0.3 is 10.6 Å². The number of carbonyl (C=O) groups is 1. The van der Waals surface area contributed by atoms with Gasteiger partial charge in [-0.3, -0.25) is 4.79 Å². The molecule has 78 valence electrons. The molecule has 1 aromatic rings. The fourth-order valence-electron chi connectivity index (χ4n) is 0.998. The minimum Gasteiger partial charge on any atom is -0.358 e. The second-order valence-corrected chi connectivity index (χ2v) is 5.40. The molecule has 1 amide bonds. The van der Waals surface area contributed by atoms with Crippen LogP contribution in [0.4, 0.5) is 0 Å². The van der Waals surface area contributed by atoms with Gasteiger partial charge in [0.25, 0.3) is 0 Å². The third-order valence-corrected chi connectivity index (χ3v) is 3.91. The summed E-state index contributed by atoms with van der Waals surface area (Å²) in [6, 6.07) is 2.12. The summed E-state index contributed by atoms with van der Waals surface area (Å²) in [7, 11) is 1.63. The maximum Gasteiger partial charge on any atom is 0.233 e. The predicted molar refractivity (Wildman–Crippen MR) is 62.5 cm³/mol. The molecular weight excluding hydrogens is 264 g/mol. The maximum absolute atomic E-state index is 10.9. The second-order valence-electron chi connectivity index (χ2n) is 2.95. The Hall–Kier alpha value is -0.390. The van der Waals surface area contributed by atoms with E-state index in [0.29, 0.717) is 6.54 Å². The molecule has 0 saturated carbocycles. The molecule has 1 rings (SSSR count). The lowest BCUT2D eigenvalue weighted by Crippen LogP contribution is -2.30. The van der Waals surface area contributed by atoms with Crippen LogP contribution in [0.15, 0.2) is 9.85 Å². The fourth-order valence-corrected chi connectivity index (χ4v) is 2.60. The van der Waals surface area contributed by atoms with E-state index >= 15 is 0 Å². The molecule has 0 aliphatic rings. The van der Waals surface area contributed by atoms with Gasteiger partial charge in [0.1, 0.15) is 0 Å². The van der Waals surface area contributed by atoms with E-state index in [1.807, 2.05) is 0 Å². The molecule has 5 heteroatoms. The van der Waals surface area contributed by atoms with Gasteiger partial charge in [0.2, 0.25) is 5.91 Å². The zero-order valence-corrected chi connectivity index (χ0v) is 10.6. The van der Waals surface area contributed by atoms with Gasteiger partial charge in [-0.25, -0.2) is 0 Å². The Morgan fingerprint density at radius 2 is 2.36 bits per heavy atom. The van der Waals surface area contributed by atoms with Crippen LogP contribution in [0, 0.1) is 6.92 Å². The van der Waals surface area contributed by atoms with E-state index in [4.69, 9.17) is 0 Å². The first-order valence-electron chi connectivity index (χ1n) is 4.29. The molecule has 0 atom stereocenters. The van der Waals surface area contributed by atoms with Crippen LogP contribution >= 0.6 is 27.3 Å². The third kappa shape index (κ3) is 3.40. The standard InChI is InChI=1S/C9H13BrN2OS/c1-6-3-7(14-9(6)10)4-12-5-8(13)11-2/h3,12H,4-5H2,1-2H3,(H,11,13). The first kappa shape index (κ1) is 11.7. The highest BCUT2D eigenvalue weighted by molar-refractivity contribution is 9.11. The number of halogens is 1. The Labute approximate surface area is 96.0 Å². The van der Waals surface area contributed by atoms with Crippen molar-refractivity contribution in [2.24, 2.45) is 0 Å². The molecule has 0 radical (unpaired) electrons. The van der Waals surface area contributed by atoms with Gasteiger partial charge in [0, 0.05) is 18.5 Å². The number of nitrogens with one attached hydrogen (secondary N) is 2. The van der Waals surface area contributed by atoms with Crippen LogP contribution in [0.5, 0.6) is 0 Å². The van der Waals surface area contributed by atoms with Crippen molar-refractivity contribution in [3.63, 3.8) is 0 Å². The highest BCUT2D eigenvalue weighted by Crippen LogP contribution is 2.26. The van der Waals surface area contributed by atoms with Crippen LogP contribution in [0.25, 0.3) is 0 Å². The number of hydrogen-bond acceptors (Lipinski definition) is 3. The summed E-state index contributed by atoms with van der Waals surface area (Å²) in [6.45, 7) is 3.17. The topological polar surface area (TPSA) is 41.1 Å². The van der Waals surface area contributed by atoms with Crippen molar-refractivity contribution in [1.29, 1.82) is 0 Å². The fraction of sp³-hybridized carbons (Fsp3) is 0.444. The number of likely N-dealkylation sites (N-methyl/N-ethyl adjacent to an activating group) is 1.